The van der Waals surface area contributed by atoms with Crippen molar-refractivity contribution in [1.29, 1.82) is 0 Å². The molecule has 1 heterocycles. The van der Waals surface area contributed by atoms with Gasteiger partial charge in [0.1, 0.15) is 10.9 Å². The van der Waals surface area contributed by atoms with Gasteiger partial charge in [-0.1, -0.05) is 46.4 Å². The van der Waals surface area contributed by atoms with Crippen LogP contribution in [0.15, 0.2) is 30.5 Å². The molecule has 0 N–H and O–H groups in total. The van der Waals surface area contributed by atoms with Crippen LogP contribution >= 0.6 is 46.4 Å². The molecule has 6 heteroatoms. The van der Waals surface area contributed by atoms with Crippen LogP contribution in [0.2, 0.25) is 15.2 Å². The van der Waals surface area contributed by atoms with Crippen LogP contribution in [0.4, 0.5) is 0 Å². The standard InChI is InChI=1S/C12H7Cl4NO/c13-6-18-10-4-11(12(16)17-5-10)7-1-8(14)3-9(15)2-7/h1-5H,6H2. The molecule has 2 nitrogen and oxygen atoms in total. The molecule has 0 unspecified atom stereocenters. The van der Waals surface area contributed by atoms with E-state index in [1.807, 2.05) is 0 Å². The summed E-state index contributed by atoms with van der Waals surface area (Å²) < 4.78 is 5.16. The Balaban J connectivity index is 2.51. The second kappa shape index (κ2) is 5.98. The lowest BCUT2D eigenvalue weighted by atomic mass is 10.1. The van der Waals surface area contributed by atoms with Gasteiger partial charge in [-0.2, -0.15) is 0 Å². The first-order chi connectivity index (χ1) is 8.60. The molecule has 0 aliphatic heterocycles. The van der Waals surface area contributed by atoms with E-state index in [2.05, 4.69) is 4.98 Å². The molecule has 0 radical (unpaired) electrons. The zero-order valence-corrected chi connectivity index (χ0v) is 12.0. The summed E-state index contributed by atoms with van der Waals surface area (Å²) in [4.78, 5) is 4.03. The Hall–Kier alpha value is -0.670. The normalized spacial score (nSPS) is 10.4. The molecular weight excluding hydrogens is 316 g/mol. The third-order valence-corrected chi connectivity index (χ3v) is 3.06. The van der Waals surface area contributed by atoms with Crippen LogP contribution < -0.4 is 4.74 Å². The summed E-state index contributed by atoms with van der Waals surface area (Å²) >= 11 is 23.5. The maximum Gasteiger partial charge on any atom is 0.162 e. The first-order valence-corrected chi connectivity index (χ1v) is 6.58. The van der Waals surface area contributed by atoms with Crippen molar-refractivity contribution >= 4 is 46.4 Å². The third-order valence-electron chi connectivity index (χ3n) is 2.21. The quantitative estimate of drug-likeness (QED) is 0.566. The van der Waals surface area contributed by atoms with Gasteiger partial charge in [-0.25, -0.2) is 4.98 Å². The largest absolute Gasteiger partial charge is 0.476 e. The van der Waals surface area contributed by atoms with Gasteiger partial charge >= 0.3 is 0 Å². The highest BCUT2D eigenvalue weighted by Gasteiger charge is 2.09. The van der Waals surface area contributed by atoms with Gasteiger partial charge in [-0.15, -0.1) is 0 Å². The zero-order valence-electron chi connectivity index (χ0n) is 8.96. The van der Waals surface area contributed by atoms with Crippen molar-refractivity contribution < 1.29 is 4.74 Å². The van der Waals surface area contributed by atoms with E-state index >= 15 is 0 Å². The van der Waals surface area contributed by atoms with Crippen LogP contribution in [0.1, 0.15) is 0 Å². The summed E-state index contributed by atoms with van der Waals surface area (Å²) in [6.45, 7) is 0. The van der Waals surface area contributed by atoms with E-state index in [-0.39, 0.29) is 6.07 Å². The number of halogens is 4. The monoisotopic (exact) mass is 321 g/mol. The number of pyridine rings is 1. The van der Waals surface area contributed by atoms with Crippen molar-refractivity contribution in [2.45, 2.75) is 0 Å². The fourth-order valence-corrected chi connectivity index (χ4v) is 2.35. The molecule has 0 bridgehead atoms. The number of hydrogen-bond donors (Lipinski definition) is 0. The maximum absolute atomic E-state index is 6.05. The van der Waals surface area contributed by atoms with Gasteiger partial charge in [0, 0.05) is 15.6 Å². The van der Waals surface area contributed by atoms with Crippen molar-refractivity contribution in [2.24, 2.45) is 0 Å². The van der Waals surface area contributed by atoms with E-state index in [1.165, 1.54) is 6.20 Å². The van der Waals surface area contributed by atoms with E-state index in [1.54, 1.807) is 24.3 Å². The van der Waals surface area contributed by atoms with Crippen molar-refractivity contribution in [1.82, 2.24) is 4.98 Å². The molecule has 1 aromatic carbocycles. The molecule has 94 valence electrons. The van der Waals surface area contributed by atoms with E-state index in [9.17, 15) is 0 Å². The lowest BCUT2D eigenvalue weighted by Gasteiger charge is -2.08. The van der Waals surface area contributed by atoms with E-state index in [0.717, 1.165) is 5.56 Å². The van der Waals surface area contributed by atoms with Gasteiger partial charge < -0.3 is 4.74 Å². The molecule has 0 amide bonds. The minimum atomic E-state index is 0.0407. The minimum absolute atomic E-state index is 0.0407. The Labute approximate surface area is 124 Å². The van der Waals surface area contributed by atoms with Crippen LogP contribution in [0.5, 0.6) is 5.75 Å². The Morgan fingerprint density at radius 3 is 2.28 bits per heavy atom. The number of nitrogens with zero attached hydrogens (tertiary/aromatic N) is 1. The van der Waals surface area contributed by atoms with Crippen molar-refractivity contribution in [2.75, 3.05) is 6.07 Å². The number of alkyl halides is 1. The lowest BCUT2D eigenvalue weighted by molar-refractivity contribution is 0.386. The summed E-state index contributed by atoms with van der Waals surface area (Å²) in [7, 11) is 0. The lowest BCUT2D eigenvalue weighted by Crippen LogP contribution is -1.92. The van der Waals surface area contributed by atoms with Crippen molar-refractivity contribution in [3.63, 3.8) is 0 Å². The second-order valence-corrected chi connectivity index (χ2v) is 4.87. The van der Waals surface area contributed by atoms with Crippen molar-refractivity contribution in [3.05, 3.63) is 45.7 Å². The summed E-state index contributed by atoms with van der Waals surface area (Å²) in [5.74, 6) is 0.528. The molecule has 2 rings (SSSR count). The smallest absolute Gasteiger partial charge is 0.162 e. The molecule has 0 aliphatic rings. The second-order valence-electron chi connectivity index (χ2n) is 3.42. The molecule has 0 saturated heterocycles. The van der Waals surface area contributed by atoms with E-state index in [4.69, 9.17) is 51.1 Å². The van der Waals surface area contributed by atoms with Gasteiger partial charge in [0.15, 0.2) is 6.07 Å². The summed E-state index contributed by atoms with van der Waals surface area (Å²) in [6, 6.07) is 6.92. The zero-order chi connectivity index (χ0) is 13.1. The molecule has 0 fully saturated rings. The van der Waals surface area contributed by atoms with Gasteiger partial charge in [0.05, 0.1) is 6.20 Å². The van der Waals surface area contributed by atoms with Crippen LogP contribution in [0.25, 0.3) is 11.1 Å². The molecular formula is C12H7Cl4NO. The fraction of sp³-hybridized carbons (Fsp3) is 0.0833. The van der Waals surface area contributed by atoms with Crippen LogP contribution in [-0.4, -0.2) is 11.1 Å². The highest BCUT2D eigenvalue weighted by molar-refractivity contribution is 6.35. The predicted octanol–water partition coefficient (Wildman–Crippen LogP) is 5.28. The number of rotatable bonds is 3. The van der Waals surface area contributed by atoms with Crippen LogP contribution in [0.3, 0.4) is 0 Å². The molecule has 0 atom stereocenters. The Morgan fingerprint density at radius 1 is 1.00 bits per heavy atom. The first-order valence-electron chi connectivity index (χ1n) is 4.91. The molecule has 18 heavy (non-hydrogen) atoms. The SMILES string of the molecule is ClCOc1cnc(Cl)c(-c2cc(Cl)cc(Cl)c2)c1. The van der Waals surface area contributed by atoms with Gasteiger partial charge in [0.25, 0.3) is 0 Å². The minimum Gasteiger partial charge on any atom is -0.476 e. The maximum atomic E-state index is 6.05. The average molecular weight is 323 g/mol. The molecule has 0 saturated carbocycles. The topological polar surface area (TPSA) is 22.1 Å². The Kier molecular flexibility index (Phi) is 4.57. The van der Waals surface area contributed by atoms with Gasteiger partial charge in [-0.3, -0.25) is 0 Å². The van der Waals surface area contributed by atoms with Crippen LogP contribution in [0, 0.1) is 0 Å². The number of ether oxygens (including phenoxy) is 1. The summed E-state index contributed by atoms with van der Waals surface area (Å²) in [6.07, 6.45) is 1.50. The highest BCUT2D eigenvalue weighted by Crippen LogP contribution is 2.33. The summed E-state index contributed by atoms with van der Waals surface area (Å²) in [5.41, 5.74) is 1.45. The molecule has 0 aliphatic carbocycles. The Morgan fingerprint density at radius 2 is 1.67 bits per heavy atom. The average Bonchev–Trinajstić information content (AvgIpc) is 2.30. The molecule has 0 spiro atoms. The summed E-state index contributed by atoms with van der Waals surface area (Å²) in [5, 5.41) is 1.39. The van der Waals surface area contributed by atoms with Gasteiger partial charge in [-0.05, 0) is 29.8 Å². The van der Waals surface area contributed by atoms with Crippen LogP contribution in [-0.2, 0) is 0 Å². The fourth-order valence-electron chi connectivity index (χ4n) is 1.48. The van der Waals surface area contributed by atoms with Gasteiger partial charge in [0.2, 0.25) is 0 Å². The van der Waals surface area contributed by atoms with E-state index < -0.39 is 0 Å². The first kappa shape index (κ1) is 13.8. The molecule has 1 aromatic heterocycles. The number of hydrogen-bond acceptors (Lipinski definition) is 2. The molecule has 2 aromatic rings. The van der Waals surface area contributed by atoms with E-state index in [0.29, 0.717) is 26.5 Å². The Bertz CT molecular complexity index is 554. The number of benzene rings is 1. The van der Waals surface area contributed by atoms with Crippen molar-refractivity contribution in [3.8, 4) is 16.9 Å². The predicted molar refractivity (Wildman–Crippen MR) is 76.1 cm³/mol. The number of aromatic nitrogens is 1. The highest BCUT2D eigenvalue weighted by atomic mass is 35.5. The third kappa shape index (κ3) is 3.21.